The third-order valence-electron chi connectivity index (χ3n) is 3.40. The van der Waals surface area contributed by atoms with Crippen molar-refractivity contribution in [3.05, 3.63) is 20.8 Å². The van der Waals surface area contributed by atoms with E-state index in [4.69, 9.17) is 16.3 Å². The second kappa shape index (κ2) is 3.45. The predicted molar refractivity (Wildman–Crippen MR) is 62.9 cm³/mol. The van der Waals surface area contributed by atoms with Crippen LogP contribution in [0.2, 0.25) is 4.34 Å². The van der Waals surface area contributed by atoms with Crippen LogP contribution in [0.25, 0.3) is 0 Å². The molecule has 2 heterocycles. The Labute approximate surface area is 98.6 Å². The van der Waals surface area contributed by atoms with Crippen LogP contribution in [-0.2, 0) is 10.2 Å². The Kier molecular flexibility index (Phi) is 2.32. The minimum absolute atomic E-state index is 0.203. The van der Waals surface area contributed by atoms with Gasteiger partial charge in [-0.25, -0.2) is 0 Å². The molecule has 0 bridgehead atoms. The van der Waals surface area contributed by atoms with Gasteiger partial charge in [0.2, 0.25) is 0 Å². The van der Waals surface area contributed by atoms with Gasteiger partial charge in [-0.1, -0.05) is 11.6 Å². The Morgan fingerprint density at radius 1 is 1.67 bits per heavy atom. The Morgan fingerprint density at radius 3 is 3.13 bits per heavy atom. The maximum absolute atomic E-state index is 6.11. The molecule has 1 unspecified atom stereocenters. The molecule has 1 atom stereocenters. The summed E-state index contributed by atoms with van der Waals surface area (Å²) in [5.41, 5.74) is 1.80. The molecule has 15 heavy (non-hydrogen) atoms. The molecule has 2 aliphatic rings. The lowest BCUT2D eigenvalue weighted by atomic mass is 9.93. The summed E-state index contributed by atoms with van der Waals surface area (Å²) in [4.78, 5) is 1.35. The summed E-state index contributed by atoms with van der Waals surface area (Å²) in [6.07, 6.45) is 2.73. The number of fused-ring (bicyclic) bond motifs is 2. The maximum Gasteiger partial charge on any atom is 0.104 e. The first-order valence-electron chi connectivity index (χ1n) is 5.31. The number of nitrogens with one attached hydrogen (secondary N) is 1. The fourth-order valence-electron chi connectivity index (χ4n) is 2.34. The third-order valence-corrected chi connectivity index (χ3v) is 4.75. The summed E-state index contributed by atoms with van der Waals surface area (Å²) in [7, 11) is 1.96. The molecule has 4 heteroatoms. The number of ether oxygens (including phenoxy) is 1. The van der Waals surface area contributed by atoms with Crippen LogP contribution in [-0.4, -0.2) is 20.2 Å². The molecule has 2 nitrogen and oxygen atoms in total. The van der Waals surface area contributed by atoms with Gasteiger partial charge in [0.15, 0.2) is 0 Å². The van der Waals surface area contributed by atoms with Crippen LogP contribution in [0.5, 0.6) is 0 Å². The quantitative estimate of drug-likeness (QED) is 0.863. The lowest BCUT2D eigenvalue weighted by Crippen LogP contribution is -2.29. The van der Waals surface area contributed by atoms with E-state index in [-0.39, 0.29) is 6.10 Å². The fourth-order valence-corrected chi connectivity index (χ4v) is 3.76. The Morgan fingerprint density at radius 2 is 2.47 bits per heavy atom. The van der Waals surface area contributed by atoms with E-state index in [0.29, 0.717) is 5.41 Å². The zero-order valence-corrected chi connectivity index (χ0v) is 10.3. The number of hydrogen-bond donors (Lipinski definition) is 1. The summed E-state index contributed by atoms with van der Waals surface area (Å²) in [6, 6.07) is 2.15. The minimum Gasteiger partial charge on any atom is -0.370 e. The highest BCUT2D eigenvalue weighted by atomic mass is 35.5. The van der Waals surface area contributed by atoms with E-state index in [0.717, 1.165) is 17.5 Å². The van der Waals surface area contributed by atoms with Crippen molar-refractivity contribution in [3.8, 4) is 0 Å². The first-order chi connectivity index (χ1) is 7.25. The van der Waals surface area contributed by atoms with Crippen molar-refractivity contribution < 1.29 is 4.74 Å². The second-order valence-electron chi connectivity index (χ2n) is 4.47. The molecule has 82 valence electrons. The van der Waals surface area contributed by atoms with Crippen molar-refractivity contribution in [2.75, 3.05) is 20.2 Å². The number of thiophene rings is 1. The fraction of sp³-hybridized carbons (Fsp3) is 0.636. The molecular weight excluding hydrogens is 230 g/mol. The zero-order chi connectivity index (χ0) is 10.5. The van der Waals surface area contributed by atoms with Crippen LogP contribution in [0.4, 0.5) is 0 Å². The SMILES string of the molecule is CNCC1OCC2(CC2)c2cc(Cl)sc21. The number of halogens is 1. The molecule has 1 saturated carbocycles. The zero-order valence-electron chi connectivity index (χ0n) is 8.68. The van der Waals surface area contributed by atoms with Gasteiger partial charge in [0.1, 0.15) is 6.10 Å². The van der Waals surface area contributed by atoms with Crippen molar-refractivity contribution in [3.63, 3.8) is 0 Å². The molecule has 1 aromatic rings. The van der Waals surface area contributed by atoms with Crippen molar-refractivity contribution in [1.29, 1.82) is 0 Å². The smallest absolute Gasteiger partial charge is 0.104 e. The van der Waals surface area contributed by atoms with E-state index in [1.165, 1.54) is 23.3 Å². The van der Waals surface area contributed by atoms with Crippen LogP contribution in [0, 0.1) is 0 Å². The Balaban J connectivity index is 2.00. The lowest BCUT2D eigenvalue weighted by molar-refractivity contribution is 0.0262. The van der Waals surface area contributed by atoms with E-state index >= 15 is 0 Å². The minimum atomic E-state index is 0.203. The summed E-state index contributed by atoms with van der Waals surface area (Å²) in [5.74, 6) is 0. The molecule has 0 amide bonds. The molecule has 0 saturated heterocycles. The second-order valence-corrected chi connectivity index (χ2v) is 6.18. The maximum atomic E-state index is 6.11. The van der Waals surface area contributed by atoms with Gasteiger partial charge in [0.25, 0.3) is 0 Å². The Hall–Kier alpha value is -0.0900. The highest BCUT2D eigenvalue weighted by Gasteiger charge is 2.50. The van der Waals surface area contributed by atoms with E-state index in [2.05, 4.69) is 11.4 Å². The van der Waals surface area contributed by atoms with Crippen LogP contribution >= 0.6 is 22.9 Å². The normalized spacial score (nSPS) is 26.7. The van der Waals surface area contributed by atoms with Crippen LogP contribution in [0.15, 0.2) is 6.07 Å². The van der Waals surface area contributed by atoms with Gasteiger partial charge in [0, 0.05) is 16.8 Å². The first kappa shape index (κ1) is 10.1. The average Bonchev–Trinajstić information content (AvgIpc) is 2.87. The molecule has 0 aromatic carbocycles. The molecular formula is C11H14ClNOS. The molecule has 3 rings (SSSR count). The van der Waals surface area contributed by atoms with Crippen molar-refractivity contribution in [1.82, 2.24) is 5.32 Å². The number of rotatable bonds is 2. The van der Waals surface area contributed by atoms with E-state index < -0.39 is 0 Å². The topological polar surface area (TPSA) is 21.3 Å². The van der Waals surface area contributed by atoms with Gasteiger partial charge in [-0.05, 0) is 31.5 Å². The van der Waals surface area contributed by atoms with Gasteiger partial charge in [-0.2, -0.15) is 0 Å². The predicted octanol–water partition coefficient (Wildman–Crippen LogP) is 2.72. The van der Waals surface area contributed by atoms with Gasteiger partial charge in [-0.15, -0.1) is 11.3 Å². The average molecular weight is 244 g/mol. The summed E-state index contributed by atoms with van der Waals surface area (Å²) < 4.78 is 6.83. The van der Waals surface area contributed by atoms with Crippen LogP contribution < -0.4 is 5.32 Å². The number of hydrogen-bond acceptors (Lipinski definition) is 3. The molecule has 1 aliphatic carbocycles. The molecule has 1 N–H and O–H groups in total. The van der Waals surface area contributed by atoms with Crippen molar-refractivity contribution in [2.24, 2.45) is 0 Å². The van der Waals surface area contributed by atoms with Crippen molar-refractivity contribution >= 4 is 22.9 Å². The largest absolute Gasteiger partial charge is 0.370 e. The highest BCUT2D eigenvalue weighted by Crippen LogP contribution is 2.56. The van der Waals surface area contributed by atoms with Crippen molar-refractivity contribution in [2.45, 2.75) is 24.4 Å². The van der Waals surface area contributed by atoms with Crippen LogP contribution in [0.1, 0.15) is 29.4 Å². The molecule has 1 spiro atoms. The first-order valence-corrected chi connectivity index (χ1v) is 6.50. The monoisotopic (exact) mass is 243 g/mol. The van der Waals surface area contributed by atoms with Gasteiger partial charge < -0.3 is 10.1 Å². The lowest BCUT2D eigenvalue weighted by Gasteiger charge is -2.29. The van der Waals surface area contributed by atoms with E-state index in [9.17, 15) is 0 Å². The molecule has 1 aliphatic heterocycles. The van der Waals surface area contributed by atoms with E-state index in [1.54, 1.807) is 11.3 Å². The summed E-state index contributed by atoms with van der Waals surface area (Å²) in [5, 5.41) is 3.17. The Bertz CT molecular complexity index is 386. The molecule has 0 radical (unpaired) electrons. The van der Waals surface area contributed by atoms with Gasteiger partial charge in [-0.3, -0.25) is 0 Å². The third kappa shape index (κ3) is 1.53. The highest BCUT2D eigenvalue weighted by molar-refractivity contribution is 7.16. The standard InChI is InChI=1S/C11H14ClNOS/c1-13-5-8-10-7(4-9(12)15-10)11(2-3-11)6-14-8/h4,8,13H,2-3,5-6H2,1H3. The van der Waals surface area contributed by atoms with E-state index in [1.807, 2.05) is 7.05 Å². The molecule has 1 aromatic heterocycles. The summed E-state index contributed by atoms with van der Waals surface area (Å²) in [6.45, 7) is 1.75. The van der Waals surface area contributed by atoms with Gasteiger partial charge in [0.05, 0.1) is 10.9 Å². The number of likely N-dealkylation sites (N-methyl/N-ethyl adjacent to an activating group) is 1. The molecule has 1 fully saturated rings. The van der Waals surface area contributed by atoms with Gasteiger partial charge >= 0.3 is 0 Å². The van der Waals surface area contributed by atoms with Crippen LogP contribution in [0.3, 0.4) is 0 Å². The summed E-state index contributed by atoms with van der Waals surface area (Å²) >= 11 is 7.79.